The Labute approximate surface area is 145 Å². The summed E-state index contributed by atoms with van der Waals surface area (Å²) in [6.07, 6.45) is -0.00586. The van der Waals surface area contributed by atoms with Crippen LogP contribution in [0.15, 0.2) is 48.5 Å². The second kappa shape index (κ2) is 7.17. The van der Waals surface area contributed by atoms with Crippen LogP contribution in [0.1, 0.15) is 29.9 Å². The summed E-state index contributed by atoms with van der Waals surface area (Å²) in [6, 6.07) is 14.8. The SMILES string of the molecule is CCc1ccc(NC(=O)[C@H](C)OC(=O)c2n[nH]c3ccccc23)cc1. The van der Waals surface area contributed by atoms with Crippen LogP contribution in [0.3, 0.4) is 0 Å². The van der Waals surface area contributed by atoms with Crippen molar-refractivity contribution in [2.24, 2.45) is 0 Å². The number of nitrogens with one attached hydrogen (secondary N) is 2. The van der Waals surface area contributed by atoms with Crippen LogP contribution in [0, 0.1) is 0 Å². The summed E-state index contributed by atoms with van der Waals surface area (Å²) in [5, 5.41) is 10.1. The largest absolute Gasteiger partial charge is 0.448 e. The first-order valence-corrected chi connectivity index (χ1v) is 8.12. The van der Waals surface area contributed by atoms with Gasteiger partial charge in [0.1, 0.15) is 0 Å². The number of aromatic amines is 1. The van der Waals surface area contributed by atoms with Gasteiger partial charge in [-0.25, -0.2) is 4.79 Å². The molecule has 3 rings (SSSR count). The van der Waals surface area contributed by atoms with Crippen molar-refractivity contribution < 1.29 is 14.3 Å². The van der Waals surface area contributed by atoms with Crippen LogP contribution in [-0.2, 0) is 16.0 Å². The van der Waals surface area contributed by atoms with Crippen LogP contribution < -0.4 is 5.32 Å². The van der Waals surface area contributed by atoms with E-state index in [0.29, 0.717) is 11.1 Å². The first-order valence-electron chi connectivity index (χ1n) is 8.12. The van der Waals surface area contributed by atoms with Crippen molar-refractivity contribution in [1.29, 1.82) is 0 Å². The predicted octanol–water partition coefficient (Wildman–Crippen LogP) is 3.31. The van der Waals surface area contributed by atoms with Gasteiger partial charge in [-0.3, -0.25) is 9.89 Å². The van der Waals surface area contributed by atoms with Crippen molar-refractivity contribution >= 4 is 28.5 Å². The molecule has 0 spiro atoms. The number of esters is 1. The minimum atomic E-state index is -0.936. The van der Waals surface area contributed by atoms with Crippen LogP contribution in [0.4, 0.5) is 5.69 Å². The van der Waals surface area contributed by atoms with Crippen LogP contribution in [-0.4, -0.2) is 28.2 Å². The number of hydrogen-bond acceptors (Lipinski definition) is 4. The van der Waals surface area contributed by atoms with E-state index in [1.807, 2.05) is 42.5 Å². The van der Waals surface area contributed by atoms with Crippen molar-refractivity contribution in [3.05, 3.63) is 59.8 Å². The first kappa shape index (κ1) is 16.7. The van der Waals surface area contributed by atoms with E-state index in [4.69, 9.17) is 4.74 Å². The number of aromatic nitrogens is 2. The van der Waals surface area contributed by atoms with Crippen molar-refractivity contribution in [3.63, 3.8) is 0 Å². The average Bonchev–Trinajstić information content (AvgIpc) is 3.06. The third-order valence-corrected chi connectivity index (χ3v) is 3.95. The van der Waals surface area contributed by atoms with Gasteiger partial charge in [-0.15, -0.1) is 0 Å². The van der Waals surface area contributed by atoms with E-state index in [1.165, 1.54) is 12.5 Å². The number of H-pyrrole nitrogens is 1. The fourth-order valence-electron chi connectivity index (χ4n) is 2.46. The number of benzene rings is 2. The lowest BCUT2D eigenvalue weighted by Crippen LogP contribution is -2.30. The van der Waals surface area contributed by atoms with Crippen LogP contribution >= 0.6 is 0 Å². The van der Waals surface area contributed by atoms with Crippen molar-refractivity contribution in [3.8, 4) is 0 Å². The number of carbonyl (C=O) groups is 2. The van der Waals surface area contributed by atoms with Gasteiger partial charge in [0.05, 0.1) is 5.52 Å². The van der Waals surface area contributed by atoms with Gasteiger partial charge >= 0.3 is 5.97 Å². The summed E-state index contributed by atoms with van der Waals surface area (Å²) in [5.74, 6) is -1.03. The van der Waals surface area contributed by atoms with E-state index in [0.717, 1.165) is 11.9 Å². The maximum absolute atomic E-state index is 12.3. The molecular weight excluding hydrogens is 318 g/mol. The minimum Gasteiger partial charge on any atom is -0.448 e. The third kappa shape index (κ3) is 3.68. The number of para-hydroxylation sites is 1. The van der Waals surface area contributed by atoms with Gasteiger partial charge in [-0.2, -0.15) is 5.10 Å². The molecule has 0 radical (unpaired) electrons. The minimum absolute atomic E-state index is 0.169. The zero-order valence-corrected chi connectivity index (χ0v) is 14.1. The zero-order chi connectivity index (χ0) is 17.8. The molecule has 1 aromatic heterocycles. The number of amides is 1. The monoisotopic (exact) mass is 337 g/mol. The topological polar surface area (TPSA) is 84.1 Å². The van der Waals surface area contributed by atoms with Gasteiger partial charge in [-0.1, -0.05) is 37.3 Å². The molecule has 0 aliphatic rings. The fraction of sp³-hybridized carbons (Fsp3) is 0.211. The van der Waals surface area contributed by atoms with Gasteiger partial charge < -0.3 is 10.1 Å². The van der Waals surface area contributed by atoms with Gasteiger partial charge in [-0.05, 0) is 37.1 Å². The quantitative estimate of drug-likeness (QED) is 0.700. The normalized spacial score (nSPS) is 11.9. The number of fused-ring (bicyclic) bond motifs is 1. The summed E-state index contributed by atoms with van der Waals surface area (Å²) in [4.78, 5) is 24.5. The lowest BCUT2D eigenvalue weighted by Gasteiger charge is -2.13. The summed E-state index contributed by atoms with van der Waals surface area (Å²) in [5.41, 5.74) is 2.75. The number of carbonyl (C=O) groups excluding carboxylic acids is 2. The van der Waals surface area contributed by atoms with Crippen LogP contribution in [0.2, 0.25) is 0 Å². The average molecular weight is 337 g/mol. The second-order valence-corrected chi connectivity index (χ2v) is 5.71. The molecular formula is C19H19N3O3. The van der Waals surface area contributed by atoms with Crippen LogP contribution in [0.5, 0.6) is 0 Å². The van der Waals surface area contributed by atoms with E-state index in [2.05, 4.69) is 22.4 Å². The fourth-order valence-corrected chi connectivity index (χ4v) is 2.46. The van der Waals surface area contributed by atoms with Gasteiger partial charge in [0.2, 0.25) is 0 Å². The van der Waals surface area contributed by atoms with Gasteiger partial charge in [0.15, 0.2) is 11.8 Å². The van der Waals surface area contributed by atoms with E-state index in [9.17, 15) is 9.59 Å². The standard InChI is InChI=1S/C19H19N3O3/c1-3-13-8-10-14(11-9-13)20-18(23)12(2)25-19(24)17-15-6-4-5-7-16(15)21-22-17/h4-12H,3H2,1-2H3,(H,20,23)(H,21,22)/t12-/m0/s1. The Morgan fingerprint density at radius 3 is 2.60 bits per heavy atom. The molecule has 128 valence electrons. The number of aryl methyl sites for hydroxylation is 1. The Balaban J connectivity index is 1.65. The number of hydrogen-bond donors (Lipinski definition) is 2. The molecule has 6 nitrogen and oxygen atoms in total. The molecule has 0 unspecified atom stereocenters. The molecule has 3 aromatic rings. The highest BCUT2D eigenvalue weighted by molar-refractivity contribution is 6.03. The van der Waals surface area contributed by atoms with Crippen molar-refractivity contribution in [2.45, 2.75) is 26.4 Å². The number of anilines is 1. The first-order chi connectivity index (χ1) is 12.1. The molecule has 1 heterocycles. The molecule has 2 aromatic carbocycles. The zero-order valence-electron chi connectivity index (χ0n) is 14.1. The Morgan fingerprint density at radius 1 is 1.16 bits per heavy atom. The molecule has 2 N–H and O–H groups in total. The van der Waals surface area contributed by atoms with Crippen molar-refractivity contribution in [2.75, 3.05) is 5.32 Å². The Hall–Kier alpha value is -3.15. The van der Waals surface area contributed by atoms with E-state index in [1.54, 1.807) is 6.07 Å². The summed E-state index contributed by atoms with van der Waals surface area (Å²) in [6.45, 7) is 3.59. The molecule has 0 aliphatic heterocycles. The number of ether oxygens (including phenoxy) is 1. The molecule has 1 amide bonds. The summed E-state index contributed by atoms with van der Waals surface area (Å²) >= 11 is 0. The Bertz CT molecular complexity index is 900. The highest BCUT2D eigenvalue weighted by Crippen LogP contribution is 2.17. The van der Waals surface area contributed by atoms with Crippen molar-refractivity contribution in [1.82, 2.24) is 10.2 Å². The number of rotatable bonds is 5. The molecule has 6 heteroatoms. The maximum atomic E-state index is 12.3. The van der Waals surface area contributed by atoms with E-state index < -0.39 is 18.0 Å². The second-order valence-electron chi connectivity index (χ2n) is 5.71. The third-order valence-electron chi connectivity index (χ3n) is 3.95. The molecule has 0 saturated carbocycles. The van der Waals surface area contributed by atoms with Gasteiger partial charge in [0, 0.05) is 11.1 Å². The lowest BCUT2D eigenvalue weighted by atomic mass is 10.1. The molecule has 25 heavy (non-hydrogen) atoms. The smallest absolute Gasteiger partial charge is 0.360 e. The Kier molecular flexibility index (Phi) is 4.79. The van der Waals surface area contributed by atoms with Gasteiger partial charge in [0.25, 0.3) is 5.91 Å². The highest BCUT2D eigenvalue weighted by Gasteiger charge is 2.22. The lowest BCUT2D eigenvalue weighted by molar-refractivity contribution is -0.123. The highest BCUT2D eigenvalue weighted by atomic mass is 16.5. The Morgan fingerprint density at radius 2 is 1.88 bits per heavy atom. The molecule has 0 saturated heterocycles. The van der Waals surface area contributed by atoms with Crippen LogP contribution in [0.25, 0.3) is 10.9 Å². The molecule has 1 atom stereocenters. The predicted molar refractivity (Wildman–Crippen MR) is 95.4 cm³/mol. The van der Waals surface area contributed by atoms with E-state index >= 15 is 0 Å². The number of nitrogens with zero attached hydrogens (tertiary/aromatic N) is 1. The molecule has 0 aliphatic carbocycles. The molecule has 0 fully saturated rings. The molecule has 0 bridgehead atoms. The maximum Gasteiger partial charge on any atom is 0.360 e. The summed E-state index contributed by atoms with van der Waals surface area (Å²) in [7, 11) is 0. The summed E-state index contributed by atoms with van der Waals surface area (Å²) < 4.78 is 5.25. The van der Waals surface area contributed by atoms with E-state index in [-0.39, 0.29) is 5.69 Å².